The highest BCUT2D eigenvalue weighted by molar-refractivity contribution is 9.10. The second-order valence-corrected chi connectivity index (χ2v) is 9.19. The molecule has 0 aliphatic carbocycles. The smallest absolute Gasteiger partial charge is 0.199 e. The van der Waals surface area contributed by atoms with Crippen molar-refractivity contribution >= 4 is 42.8 Å². The lowest BCUT2D eigenvalue weighted by atomic mass is 10.2. The van der Waals surface area contributed by atoms with Gasteiger partial charge in [-0.05, 0) is 43.3 Å². The maximum Gasteiger partial charge on any atom is 0.283 e. The van der Waals surface area contributed by atoms with Crippen molar-refractivity contribution in [1.82, 2.24) is 0 Å². The second kappa shape index (κ2) is 8.20. The Hall–Kier alpha value is -1.89. The van der Waals surface area contributed by atoms with Crippen LogP contribution in [-0.2, 0) is 10.0 Å². The van der Waals surface area contributed by atoms with Gasteiger partial charge in [0.25, 0.3) is 10.0 Å². The summed E-state index contributed by atoms with van der Waals surface area (Å²) in [6, 6.07) is 23.7. The first-order valence-corrected chi connectivity index (χ1v) is 10.9. The van der Waals surface area contributed by atoms with Gasteiger partial charge in [0.05, 0.1) is 4.90 Å². The van der Waals surface area contributed by atoms with E-state index in [2.05, 4.69) is 20.3 Å². The third-order valence-electron chi connectivity index (χ3n) is 3.54. The minimum absolute atomic E-state index is 0.166. The molecule has 0 aliphatic rings. The van der Waals surface area contributed by atoms with E-state index in [1.54, 1.807) is 24.3 Å². The summed E-state index contributed by atoms with van der Waals surface area (Å²) in [6.45, 7) is 2.00. The zero-order valence-corrected chi connectivity index (χ0v) is 17.2. The van der Waals surface area contributed by atoms with E-state index in [4.69, 9.17) is 0 Å². The number of halogens is 1. The standard InChI is InChI=1S/C20H16BrNO2S2/c1-15-6-5-9-18(14-15)25-20(16-7-3-2-4-8-16)22-26(23,24)19-12-10-17(21)11-13-19/h2-14H,1H3. The summed E-state index contributed by atoms with van der Waals surface area (Å²) in [5.41, 5.74) is 1.87. The molecule has 0 saturated heterocycles. The molecular weight excluding hydrogens is 430 g/mol. The fraction of sp³-hybridized carbons (Fsp3) is 0.0500. The van der Waals surface area contributed by atoms with E-state index in [1.165, 1.54) is 11.8 Å². The minimum atomic E-state index is -3.81. The van der Waals surface area contributed by atoms with Crippen LogP contribution in [0.4, 0.5) is 0 Å². The molecule has 0 saturated carbocycles. The number of hydrogen-bond acceptors (Lipinski definition) is 3. The normalized spacial score (nSPS) is 12.2. The molecule has 3 aromatic rings. The Morgan fingerprint density at radius 3 is 2.27 bits per heavy atom. The maximum atomic E-state index is 12.8. The van der Waals surface area contributed by atoms with Crippen LogP contribution >= 0.6 is 27.7 Å². The van der Waals surface area contributed by atoms with E-state index in [1.807, 2.05) is 61.5 Å². The molecule has 3 rings (SSSR count). The van der Waals surface area contributed by atoms with E-state index in [-0.39, 0.29) is 4.90 Å². The summed E-state index contributed by atoms with van der Waals surface area (Å²) in [5, 5.41) is 0.444. The maximum absolute atomic E-state index is 12.8. The van der Waals surface area contributed by atoms with Crippen molar-refractivity contribution in [3.63, 3.8) is 0 Å². The zero-order chi connectivity index (χ0) is 18.6. The molecule has 0 spiro atoms. The monoisotopic (exact) mass is 445 g/mol. The fourth-order valence-corrected chi connectivity index (χ4v) is 4.76. The molecule has 0 heterocycles. The number of hydrogen-bond donors (Lipinski definition) is 0. The lowest BCUT2D eigenvalue weighted by Crippen LogP contribution is -2.03. The number of thioether (sulfide) groups is 1. The van der Waals surface area contributed by atoms with Gasteiger partial charge in [-0.1, -0.05) is 75.7 Å². The van der Waals surface area contributed by atoms with Crippen LogP contribution in [0.5, 0.6) is 0 Å². The number of nitrogens with zero attached hydrogens (tertiary/aromatic N) is 1. The average Bonchev–Trinajstić information content (AvgIpc) is 2.62. The summed E-state index contributed by atoms with van der Waals surface area (Å²) in [7, 11) is -3.81. The van der Waals surface area contributed by atoms with Crippen LogP contribution in [-0.4, -0.2) is 13.5 Å². The van der Waals surface area contributed by atoms with Crippen molar-refractivity contribution in [2.24, 2.45) is 4.40 Å². The first-order valence-electron chi connectivity index (χ1n) is 7.84. The molecule has 0 atom stereocenters. The Balaban J connectivity index is 2.05. The van der Waals surface area contributed by atoms with Crippen LogP contribution in [0.2, 0.25) is 0 Å². The molecule has 0 radical (unpaired) electrons. The molecule has 3 aromatic carbocycles. The first kappa shape index (κ1) is 18.9. The van der Waals surface area contributed by atoms with Crippen molar-refractivity contribution in [3.05, 3.63) is 94.5 Å². The van der Waals surface area contributed by atoms with Crippen molar-refractivity contribution in [3.8, 4) is 0 Å². The fourth-order valence-electron chi connectivity index (χ4n) is 2.27. The largest absolute Gasteiger partial charge is 0.283 e. The third kappa shape index (κ3) is 4.84. The minimum Gasteiger partial charge on any atom is -0.199 e. The predicted molar refractivity (Wildman–Crippen MR) is 111 cm³/mol. The van der Waals surface area contributed by atoms with E-state index in [0.717, 1.165) is 20.5 Å². The van der Waals surface area contributed by atoms with E-state index < -0.39 is 10.0 Å². The lowest BCUT2D eigenvalue weighted by molar-refractivity contribution is 0.598. The summed E-state index contributed by atoms with van der Waals surface area (Å²) >= 11 is 4.66. The lowest BCUT2D eigenvalue weighted by Gasteiger charge is -2.08. The highest BCUT2D eigenvalue weighted by Crippen LogP contribution is 2.27. The second-order valence-electron chi connectivity index (χ2n) is 5.61. The highest BCUT2D eigenvalue weighted by Gasteiger charge is 2.16. The van der Waals surface area contributed by atoms with Gasteiger partial charge < -0.3 is 0 Å². The Morgan fingerprint density at radius 2 is 1.62 bits per heavy atom. The molecule has 0 amide bonds. The van der Waals surface area contributed by atoms with Crippen molar-refractivity contribution in [1.29, 1.82) is 0 Å². The molecule has 0 bridgehead atoms. The van der Waals surface area contributed by atoms with Crippen LogP contribution in [0.1, 0.15) is 11.1 Å². The van der Waals surface area contributed by atoms with Crippen LogP contribution < -0.4 is 0 Å². The molecule has 3 nitrogen and oxygen atoms in total. The molecule has 132 valence electrons. The molecule has 6 heteroatoms. The van der Waals surface area contributed by atoms with Gasteiger partial charge in [0.2, 0.25) is 0 Å². The molecule has 0 N–H and O–H groups in total. The molecule has 26 heavy (non-hydrogen) atoms. The van der Waals surface area contributed by atoms with Gasteiger partial charge >= 0.3 is 0 Å². The number of rotatable bonds is 4. The highest BCUT2D eigenvalue weighted by atomic mass is 79.9. The summed E-state index contributed by atoms with van der Waals surface area (Å²) in [6.07, 6.45) is 0. The van der Waals surface area contributed by atoms with Crippen LogP contribution in [0.3, 0.4) is 0 Å². The van der Waals surface area contributed by atoms with Crippen LogP contribution in [0, 0.1) is 6.92 Å². The predicted octanol–water partition coefficient (Wildman–Crippen LogP) is 5.69. The van der Waals surface area contributed by atoms with E-state index in [0.29, 0.717) is 5.04 Å². The van der Waals surface area contributed by atoms with Gasteiger partial charge in [-0.3, -0.25) is 0 Å². The van der Waals surface area contributed by atoms with Gasteiger partial charge in [0.15, 0.2) is 0 Å². The summed E-state index contributed by atoms with van der Waals surface area (Å²) < 4.78 is 30.5. The average molecular weight is 446 g/mol. The van der Waals surface area contributed by atoms with Crippen LogP contribution in [0.15, 0.2) is 97.5 Å². The van der Waals surface area contributed by atoms with E-state index >= 15 is 0 Å². The van der Waals surface area contributed by atoms with Gasteiger partial charge in [-0.25, -0.2) is 0 Å². The zero-order valence-electron chi connectivity index (χ0n) is 14.0. The molecule has 0 aliphatic heterocycles. The summed E-state index contributed by atoms with van der Waals surface area (Å²) in [5.74, 6) is 0. The van der Waals surface area contributed by atoms with Crippen molar-refractivity contribution < 1.29 is 8.42 Å². The molecule has 0 fully saturated rings. The van der Waals surface area contributed by atoms with Crippen molar-refractivity contribution in [2.45, 2.75) is 16.7 Å². The van der Waals surface area contributed by atoms with Gasteiger partial charge in [-0.15, -0.1) is 0 Å². The Labute approximate surface area is 166 Å². The van der Waals surface area contributed by atoms with Crippen molar-refractivity contribution in [2.75, 3.05) is 0 Å². The van der Waals surface area contributed by atoms with Gasteiger partial charge in [0, 0.05) is 14.9 Å². The molecule has 0 aromatic heterocycles. The Kier molecular flexibility index (Phi) is 5.96. The number of sulfonamides is 1. The van der Waals surface area contributed by atoms with Crippen LogP contribution in [0.25, 0.3) is 0 Å². The Morgan fingerprint density at radius 1 is 0.923 bits per heavy atom. The molecule has 0 unspecified atom stereocenters. The topological polar surface area (TPSA) is 46.5 Å². The SMILES string of the molecule is Cc1cccc(SC(=NS(=O)(=O)c2ccc(Br)cc2)c2ccccc2)c1. The first-order chi connectivity index (χ1) is 12.4. The number of aryl methyl sites for hydroxylation is 1. The third-order valence-corrected chi connectivity index (χ3v) is 6.48. The van der Waals surface area contributed by atoms with E-state index in [9.17, 15) is 8.42 Å². The van der Waals surface area contributed by atoms with Gasteiger partial charge in [-0.2, -0.15) is 12.8 Å². The Bertz CT molecular complexity index is 1030. The summed E-state index contributed by atoms with van der Waals surface area (Å²) in [4.78, 5) is 1.11. The van der Waals surface area contributed by atoms with Gasteiger partial charge in [0.1, 0.15) is 5.04 Å². The quantitative estimate of drug-likeness (QED) is 0.294. The molecular formula is C20H16BrNO2S2. The number of benzene rings is 3.